The first-order valence-electron chi connectivity index (χ1n) is 47.3. The molecule has 0 radical (unpaired) electrons. The summed E-state index contributed by atoms with van der Waals surface area (Å²) < 4.78 is 7.20. The predicted molar refractivity (Wildman–Crippen MR) is 588 cm³/mol. The number of hydrogen-bond acceptors (Lipinski definition) is 3. The molecule has 6 nitrogen and oxygen atoms in total. The predicted octanol–water partition coefficient (Wildman–Crippen LogP) is 36.7. The second-order valence-corrected chi connectivity index (χ2v) is 35.5. The van der Waals surface area contributed by atoms with Crippen LogP contribution in [0, 0.1) is 0 Å². The van der Waals surface area contributed by atoms with Crippen LogP contribution in [0.15, 0.2) is 546 Å². The lowest BCUT2D eigenvalue weighted by Gasteiger charge is -2.26. The Labute approximate surface area is 800 Å². The molecule has 0 aliphatic rings. The molecular formula is C132H90N6. The first-order chi connectivity index (χ1) is 68.5. The molecule has 0 amide bonds. The van der Waals surface area contributed by atoms with Crippen molar-refractivity contribution in [1.29, 1.82) is 0 Å². The molecule has 24 aromatic carbocycles. The van der Waals surface area contributed by atoms with Gasteiger partial charge in [0, 0.05) is 101 Å². The normalized spacial score (nSPS) is 11.5. The van der Waals surface area contributed by atoms with E-state index >= 15 is 0 Å². The number of para-hydroxylation sites is 6. The van der Waals surface area contributed by atoms with Crippen LogP contribution >= 0.6 is 0 Å². The first-order valence-corrected chi connectivity index (χ1v) is 47.3. The molecule has 0 saturated carbocycles. The van der Waals surface area contributed by atoms with Crippen LogP contribution in [-0.4, -0.2) is 13.7 Å². The molecule has 6 heteroatoms. The van der Waals surface area contributed by atoms with E-state index in [1.54, 1.807) is 0 Å². The van der Waals surface area contributed by atoms with Gasteiger partial charge in [0.15, 0.2) is 0 Å². The lowest BCUT2D eigenvalue weighted by atomic mass is 9.98. The van der Waals surface area contributed by atoms with Crippen molar-refractivity contribution in [2.45, 2.75) is 0 Å². The largest absolute Gasteiger partial charge is 0.311 e. The molecule has 0 fully saturated rings. The topological polar surface area (TPSA) is 24.5 Å². The lowest BCUT2D eigenvalue weighted by molar-refractivity contribution is 1.17. The zero-order valence-electron chi connectivity index (χ0n) is 75.6. The SMILES string of the molecule is c1ccc(N(c2ccc(-c3ccc4ccccc4c3)cc2)c2cccc(-n3c4ccccc4c4c5ccccc5ccc43)c2)cc1.c1ccc(N(c2ccc(-c3cccc4ccccc34)cc2)c2ccc(-n3c4ccccc4c4c5ccccc5ccc43)cc2)cc1.c1ccc(N(c2ccc(-n3c4ccccc4c4c5ccccc5ccc43)cc2)c2cccc(-c3ccc4ccccc4c3)c2)cc1. The number of nitrogens with zero attached hydrogens (tertiary/aromatic N) is 6. The van der Waals surface area contributed by atoms with Crippen molar-refractivity contribution in [3.8, 4) is 50.4 Å². The smallest absolute Gasteiger partial charge is 0.0547 e. The van der Waals surface area contributed by atoms with Crippen LogP contribution in [0.5, 0.6) is 0 Å². The van der Waals surface area contributed by atoms with Gasteiger partial charge >= 0.3 is 0 Å². The Hall–Kier alpha value is -18.4. The zero-order valence-corrected chi connectivity index (χ0v) is 75.6. The molecule has 3 aromatic heterocycles. The Morgan fingerprint density at radius 3 is 0.819 bits per heavy atom. The van der Waals surface area contributed by atoms with Gasteiger partial charge in [0.25, 0.3) is 0 Å². The van der Waals surface area contributed by atoms with Gasteiger partial charge in [0.05, 0.1) is 33.1 Å². The van der Waals surface area contributed by atoms with Gasteiger partial charge in [-0.25, -0.2) is 0 Å². The van der Waals surface area contributed by atoms with E-state index in [1.165, 1.54) is 163 Å². The molecular weight excluding hydrogens is 1670 g/mol. The molecule has 0 aliphatic carbocycles. The van der Waals surface area contributed by atoms with Crippen LogP contribution < -0.4 is 14.7 Å². The number of anilines is 9. The van der Waals surface area contributed by atoms with E-state index in [0.29, 0.717) is 0 Å². The summed E-state index contributed by atoms with van der Waals surface area (Å²) in [6.07, 6.45) is 0. The van der Waals surface area contributed by atoms with E-state index in [4.69, 9.17) is 0 Å². The summed E-state index contributed by atoms with van der Waals surface area (Å²) in [6, 6.07) is 197. The van der Waals surface area contributed by atoms with Crippen LogP contribution in [-0.2, 0) is 0 Å². The van der Waals surface area contributed by atoms with Crippen molar-refractivity contribution in [3.63, 3.8) is 0 Å². The molecule has 0 bridgehead atoms. The number of fused-ring (bicyclic) bond motifs is 18. The zero-order chi connectivity index (χ0) is 91.4. The number of hydrogen-bond donors (Lipinski definition) is 0. The average molecular weight is 1760 g/mol. The Bertz CT molecular complexity index is 9260. The van der Waals surface area contributed by atoms with Gasteiger partial charge in [-0.1, -0.05) is 358 Å². The summed E-state index contributed by atoms with van der Waals surface area (Å²) in [5.41, 5.74) is 28.0. The van der Waals surface area contributed by atoms with Gasteiger partial charge in [0.2, 0.25) is 0 Å². The summed E-state index contributed by atoms with van der Waals surface area (Å²) >= 11 is 0. The maximum absolute atomic E-state index is 2.41. The Balaban J connectivity index is 0.000000110. The molecule has 27 aromatic rings. The van der Waals surface area contributed by atoms with Gasteiger partial charge in [0.1, 0.15) is 0 Å². The first kappa shape index (κ1) is 81.6. The maximum atomic E-state index is 2.41. The standard InChI is InChI=1S/3C44H30N2/c1-2-14-34(15-3-1)45(35-24-21-33(22-25-35)39-19-10-13-31-11-4-6-16-38(31)39)36-26-28-37(29-27-36)46-42-20-9-8-18-41(42)44-40-17-7-5-12-32(40)23-30-43(44)46;1-2-15-36(16-3-1)45(39-17-10-14-34(30-39)35-22-21-31-11-4-5-13-33(31)29-35)37-24-26-38(27-25-37)46-42-20-9-8-19-41(42)44-40-18-7-6-12-32(40)23-28-43(44)46;1-2-14-36(15-3-1)45(37-26-23-32(24-27-37)35-22-21-31-11-4-5-13-34(31)29-35)38-16-10-17-39(30-38)46-42-20-9-8-19-41(42)44-40-18-7-6-12-33(40)25-28-43(44)46/h3*1-30H. The highest BCUT2D eigenvalue weighted by molar-refractivity contribution is 6.24. The summed E-state index contributed by atoms with van der Waals surface area (Å²) in [7, 11) is 0. The highest BCUT2D eigenvalue weighted by Crippen LogP contribution is 2.47. The van der Waals surface area contributed by atoms with E-state index in [9.17, 15) is 0 Å². The third-order valence-corrected chi connectivity index (χ3v) is 27.4. The highest BCUT2D eigenvalue weighted by atomic mass is 15.2. The van der Waals surface area contributed by atoms with Gasteiger partial charge in [-0.2, -0.15) is 0 Å². The van der Waals surface area contributed by atoms with Crippen LogP contribution in [0.25, 0.3) is 180 Å². The molecule has 0 spiro atoms. The van der Waals surface area contributed by atoms with Crippen LogP contribution in [0.4, 0.5) is 51.2 Å². The van der Waals surface area contributed by atoms with E-state index < -0.39 is 0 Å². The van der Waals surface area contributed by atoms with Crippen LogP contribution in [0.3, 0.4) is 0 Å². The van der Waals surface area contributed by atoms with Crippen molar-refractivity contribution < 1.29 is 0 Å². The molecule has 3 heterocycles. The van der Waals surface area contributed by atoms with Crippen LogP contribution in [0.2, 0.25) is 0 Å². The molecule has 0 N–H and O–H groups in total. The maximum Gasteiger partial charge on any atom is 0.0547 e. The number of rotatable bonds is 15. The highest BCUT2D eigenvalue weighted by Gasteiger charge is 2.24. The second kappa shape index (κ2) is 35.3. The molecule has 0 unspecified atom stereocenters. The molecule has 648 valence electrons. The minimum absolute atomic E-state index is 1.11. The number of aromatic nitrogens is 3. The fraction of sp³-hybridized carbons (Fsp3) is 0. The van der Waals surface area contributed by atoms with Crippen molar-refractivity contribution in [2.75, 3.05) is 14.7 Å². The molecule has 0 aliphatic heterocycles. The fourth-order valence-electron chi connectivity index (χ4n) is 21.0. The molecule has 0 saturated heterocycles. The lowest BCUT2D eigenvalue weighted by Crippen LogP contribution is -2.10. The van der Waals surface area contributed by atoms with E-state index in [2.05, 4.69) is 574 Å². The number of benzene rings is 24. The van der Waals surface area contributed by atoms with Crippen molar-refractivity contribution in [2.24, 2.45) is 0 Å². The average Bonchev–Trinajstić information content (AvgIpc) is 1.58. The Kier molecular flexibility index (Phi) is 20.9. The van der Waals surface area contributed by atoms with Gasteiger partial charge in [-0.15, -0.1) is 0 Å². The summed E-state index contributed by atoms with van der Waals surface area (Å²) in [5.74, 6) is 0. The third kappa shape index (κ3) is 14.9. The Morgan fingerprint density at radius 2 is 0.391 bits per heavy atom. The van der Waals surface area contributed by atoms with Gasteiger partial charge in [-0.05, 0) is 286 Å². The summed E-state index contributed by atoms with van der Waals surface area (Å²) in [4.78, 5) is 7.01. The quantitative estimate of drug-likeness (QED) is 0.102. The summed E-state index contributed by atoms with van der Waals surface area (Å²) in [6.45, 7) is 0. The minimum Gasteiger partial charge on any atom is -0.311 e. The van der Waals surface area contributed by atoms with E-state index in [1.807, 2.05) is 0 Å². The van der Waals surface area contributed by atoms with Crippen molar-refractivity contribution >= 4 is 181 Å². The van der Waals surface area contributed by atoms with Crippen LogP contribution in [0.1, 0.15) is 0 Å². The van der Waals surface area contributed by atoms with Gasteiger partial charge < -0.3 is 28.4 Å². The molecule has 27 rings (SSSR count). The minimum atomic E-state index is 1.11. The van der Waals surface area contributed by atoms with E-state index in [0.717, 1.165) is 68.2 Å². The third-order valence-electron chi connectivity index (χ3n) is 27.4. The molecule has 138 heavy (non-hydrogen) atoms. The van der Waals surface area contributed by atoms with Gasteiger partial charge in [-0.3, -0.25) is 0 Å². The van der Waals surface area contributed by atoms with E-state index in [-0.39, 0.29) is 0 Å². The summed E-state index contributed by atoms with van der Waals surface area (Å²) in [5, 5.41) is 22.9. The van der Waals surface area contributed by atoms with Crippen molar-refractivity contribution in [3.05, 3.63) is 546 Å². The molecule has 0 atom stereocenters. The van der Waals surface area contributed by atoms with Crippen molar-refractivity contribution in [1.82, 2.24) is 13.7 Å². The fourth-order valence-corrected chi connectivity index (χ4v) is 21.0. The Morgan fingerprint density at radius 1 is 0.123 bits per heavy atom. The monoisotopic (exact) mass is 1760 g/mol. The second-order valence-electron chi connectivity index (χ2n) is 35.5.